The van der Waals surface area contributed by atoms with E-state index in [0.29, 0.717) is 6.04 Å². The Morgan fingerprint density at radius 3 is 2.80 bits per heavy atom. The maximum atomic E-state index is 6.53. The molecular formula is C16H23N3O. The van der Waals surface area contributed by atoms with Gasteiger partial charge in [0.15, 0.2) is 0 Å². The molecule has 0 radical (unpaired) electrons. The smallest absolute Gasteiger partial charge is 0.130 e. The van der Waals surface area contributed by atoms with Gasteiger partial charge >= 0.3 is 0 Å². The van der Waals surface area contributed by atoms with Crippen LogP contribution in [0, 0.1) is 0 Å². The van der Waals surface area contributed by atoms with E-state index in [9.17, 15) is 0 Å². The molecular weight excluding hydrogens is 250 g/mol. The van der Waals surface area contributed by atoms with Crippen molar-refractivity contribution in [2.75, 3.05) is 7.11 Å². The van der Waals surface area contributed by atoms with E-state index in [1.165, 1.54) is 18.4 Å². The van der Waals surface area contributed by atoms with E-state index in [4.69, 9.17) is 15.5 Å². The van der Waals surface area contributed by atoms with Crippen molar-refractivity contribution in [1.82, 2.24) is 9.55 Å². The van der Waals surface area contributed by atoms with Gasteiger partial charge in [-0.3, -0.25) is 0 Å². The highest BCUT2D eigenvalue weighted by molar-refractivity contribution is 5.78. The van der Waals surface area contributed by atoms with Crippen LogP contribution in [0.25, 0.3) is 11.0 Å². The lowest BCUT2D eigenvalue weighted by atomic mass is 9.96. The van der Waals surface area contributed by atoms with Crippen molar-refractivity contribution in [2.24, 2.45) is 5.73 Å². The third kappa shape index (κ3) is 2.18. The van der Waals surface area contributed by atoms with Crippen LogP contribution in [0.1, 0.15) is 51.4 Å². The van der Waals surface area contributed by atoms with Crippen molar-refractivity contribution < 1.29 is 4.74 Å². The average molecular weight is 273 g/mol. The second-order valence-corrected chi connectivity index (χ2v) is 6.06. The zero-order valence-corrected chi connectivity index (χ0v) is 12.5. The average Bonchev–Trinajstić information content (AvgIpc) is 3.18. The topological polar surface area (TPSA) is 53.1 Å². The van der Waals surface area contributed by atoms with Gasteiger partial charge in [0.05, 0.1) is 23.7 Å². The summed E-state index contributed by atoms with van der Waals surface area (Å²) in [6.07, 6.45) is 4.46. The number of hydrogen-bond acceptors (Lipinski definition) is 3. The van der Waals surface area contributed by atoms with Gasteiger partial charge in [-0.1, -0.05) is 13.3 Å². The summed E-state index contributed by atoms with van der Waals surface area (Å²) in [7, 11) is 1.68. The molecule has 0 saturated heterocycles. The summed E-state index contributed by atoms with van der Waals surface area (Å²) in [5, 5.41) is 0. The van der Waals surface area contributed by atoms with Crippen LogP contribution in [0.2, 0.25) is 0 Å². The summed E-state index contributed by atoms with van der Waals surface area (Å²) < 4.78 is 7.65. The molecule has 1 aromatic heterocycles. The number of fused-ring (bicyclic) bond motifs is 1. The predicted molar refractivity (Wildman–Crippen MR) is 81.0 cm³/mol. The highest BCUT2D eigenvalue weighted by Crippen LogP contribution is 2.41. The standard InChI is InChI=1S/C16H23N3O/c1-4-9-16(2,17)15-18-13-10-12(20-3)7-8-14(13)19(15)11-5-6-11/h7-8,10-11H,4-6,9,17H2,1-3H3. The van der Waals surface area contributed by atoms with E-state index in [0.717, 1.165) is 29.9 Å². The molecule has 1 fully saturated rings. The zero-order chi connectivity index (χ0) is 14.3. The van der Waals surface area contributed by atoms with Gasteiger partial charge in [-0.25, -0.2) is 4.98 Å². The minimum atomic E-state index is -0.371. The van der Waals surface area contributed by atoms with Gasteiger partial charge < -0.3 is 15.0 Å². The normalized spacial score (nSPS) is 18.2. The Morgan fingerprint density at radius 2 is 2.20 bits per heavy atom. The van der Waals surface area contributed by atoms with Gasteiger partial charge in [-0.2, -0.15) is 0 Å². The fraction of sp³-hybridized carbons (Fsp3) is 0.562. The number of ether oxygens (including phenoxy) is 1. The third-order valence-electron chi connectivity index (χ3n) is 4.09. The molecule has 20 heavy (non-hydrogen) atoms. The largest absolute Gasteiger partial charge is 0.497 e. The van der Waals surface area contributed by atoms with Crippen LogP contribution in [0.15, 0.2) is 18.2 Å². The molecule has 0 aliphatic heterocycles. The Kier molecular flexibility index (Phi) is 3.21. The molecule has 0 amide bonds. The molecule has 1 aliphatic rings. The number of aromatic nitrogens is 2. The molecule has 1 saturated carbocycles. The summed E-state index contributed by atoms with van der Waals surface area (Å²) in [4.78, 5) is 4.83. The van der Waals surface area contributed by atoms with Crippen molar-refractivity contribution in [3.8, 4) is 5.75 Å². The van der Waals surface area contributed by atoms with E-state index < -0.39 is 0 Å². The number of nitrogens with zero attached hydrogens (tertiary/aromatic N) is 2. The minimum Gasteiger partial charge on any atom is -0.497 e. The highest BCUT2D eigenvalue weighted by atomic mass is 16.5. The SMILES string of the molecule is CCCC(C)(N)c1nc2cc(OC)ccc2n1C1CC1. The fourth-order valence-corrected chi connectivity index (χ4v) is 2.94. The van der Waals surface area contributed by atoms with Crippen LogP contribution >= 0.6 is 0 Å². The second-order valence-electron chi connectivity index (χ2n) is 6.06. The van der Waals surface area contributed by atoms with E-state index in [-0.39, 0.29) is 5.54 Å². The highest BCUT2D eigenvalue weighted by Gasteiger charge is 2.34. The van der Waals surface area contributed by atoms with Crippen molar-refractivity contribution in [3.63, 3.8) is 0 Å². The van der Waals surface area contributed by atoms with Crippen molar-refractivity contribution in [2.45, 2.75) is 51.1 Å². The number of rotatable bonds is 5. The molecule has 0 spiro atoms. The van der Waals surface area contributed by atoms with Crippen LogP contribution in [0.4, 0.5) is 0 Å². The Bertz CT molecular complexity index is 626. The predicted octanol–water partition coefficient (Wildman–Crippen LogP) is 3.35. The Balaban J connectivity index is 2.17. The van der Waals surface area contributed by atoms with Crippen LogP contribution in [-0.2, 0) is 5.54 Å². The Morgan fingerprint density at radius 1 is 1.45 bits per heavy atom. The van der Waals surface area contributed by atoms with Gasteiger partial charge in [0.25, 0.3) is 0 Å². The van der Waals surface area contributed by atoms with E-state index in [2.05, 4.69) is 24.5 Å². The molecule has 4 nitrogen and oxygen atoms in total. The van der Waals surface area contributed by atoms with Crippen molar-refractivity contribution >= 4 is 11.0 Å². The van der Waals surface area contributed by atoms with E-state index >= 15 is 0 Å². The fourth-order valence-electron chi connectivity index (χ4n) is 2.94. The number of hydrogen-bond donors (Lipinski definition) is 1. The van der Waals surface area contributed by atoms with Gasteiger partial charge in [0.2, 0.25) is 0 Å². The molecule has 4 heteroatoms. The molecule has 2 N–H and O–H groups in total. The van der Waals surface area contributed by atoms with Gasteiger partial charge in [-0.15, -0.1) is 0 Å². The molecule has 1 heterocycles. The molecule has 2 aromatic rings. The maximum absolute atomic E-state index is 6.53. The van der Waals surface area contributed by atoms with Crippen LogP contribution < -0.4 is 10.5 Å². The summed E-state index contributed by atoms with van der Waals surface area (Å²) in [6.45, 7) is 4.26. The summed E-state index contributed by atoms with van der Waals surface area (Å²) in [6, 6.07) is 6.67. The Labute approximate surface area is 119 Å². The number of imidazole rings is 1. The first kappa shape index (κ1) is 13.4. The van der Waals surface area contributed by atoms with E-state index in [1.807, 2.05) is 12.1 Å². The second kappa shape index (κ2) is 4.77. The lowest BCUT2D eigenvalue weighted by Crippen LogP contribution is -2.36. The monoisotopic (exact) mass is 273 g/mol. The maximum Gasteiger partial charge on any atom is 0.130 e. The minimum absolute atomic E-state index is 0.371. The van der Waals surface area contributed by atoms with Crippen molar-refractivity contribution in [1.29, 1.82) is 0 Å². The van der Waals surface area contributed by atoms with E-state index in [1.54, 1.807) is 7.11 Å². The molecule has 0 bridgehead atoms. The number of nitrogens with two attached hydrogens (primary N) is 1. The van der Waals surface area contributed by atoms with Crippen LogP contribution in [-0.4, -0.2) is 16.7 Å². The molecule has 1 unspecified atom stereocenters. The molecule has 108 valence electrons. The number of benzene rings is 1. The Hall–Kier alpha value is -1.55. The van der Waals surface area contributed by atoms with Crippen LogP contribution in [0.5, 0.6) is 5.75 Å². The summed E-state index contributed by atoms with van der Waals surface area (Å²) in [5.74, 6) is 1.86. The lowest BCUT2D eigenvalue weighted by Gasteiger charge is -2.24. The number of methoxy groups -OCH3 is 1. The first-order valence-electron chi connectivity index (χ1n) is 7.42. The molecule has 1 aliphatic carbocycles. The molecule has 1 aromatic carbocycles. The molecule has 3 rings (SSSR count). The third-order valence-corrected chi connectivity index (χ3v) is 4.09. The molecule has 1 atom stereocenters. The van der Waals surface area contributed by atoms with Gasteiger partial charge in [-0.05, 0) is 38.3 Å². The van der Waals surface area contributed by atoms with Gasteiger partial charge in [0.1, 0.15) is 11.6 Å². The quantitative estimate of drug-likeness (QED) is 0.909. The van der Waals surface area contributed by atoms with Gasteiger partial charge in [0, 0.05) is 12.1 Å². The summed E-state index contributed by atoms with van der Waals surface area (Å²) in [5.41, 5.74) is 8.33. The van der Waals surface area contributed by atoms with Crippen molar-refractivity contribution in [3.05, 3.63) is 24.0 Å². The zero-order valence-electron chi connectivity index (χ0n) is 12.5. The van der Waals surface area contributed by atoms with Crippen LogP contribution in [0.3, 0.4) is 0 Å². The first-order chi connectivity index (χ1) is 9.56. The lowest BCUT2D eigenvalue weighted by molar-refractivity contribution is 0.402. The summed E-state index contributed by atoms with van der Waals surface area (Å²) >= 11 is 0. The first-order valence-corrected chi connectivity index (χ1v) is 7.42.